The molecule has 2 rings (SSSR count). The Morgan fingerprint density at radius 2 is 1.94 bits per heavy atom. The molecule has 0 bridgehead atoms. The van der Waals surface area contributed by atoms with E-state index in [9.17, 15) is 5.11 Å². The van der Waals surface area contributed by atoms with Crippen molar-refractivity contribution >= 4 is 11.6 Å². The van der Waals surface area contributed by atoms with Gasteiger partial charge in [-0.25, -0.2) is 0 Å². The summed E-state index contributed by atoms with van der Waals surface area (Å²) in [7, 11) is 0. The van der Waals surface area contributed by atoms with Crippen molar-refractivity contribution in [2.45, 2.75) is 50.5 Å². The topological polar surface area (TPSA) is 20.2 Å². The molecule has 2 aliphatic rings. The van der Waals surface area contributed by atoms with Crippen molar-refractivity contribution in [2.24, 2.45) is 0 Å². The van der Waals surface area contributed by atoms with Gasteiger partial charge in [-0.3, -0.25) is 0 Å². The molecule has 0 aliphatic heterocycles. The number of aliphatic hydroxyl groups is 1. The molecule has 0 radical (unpaired) electrons. The summed E-state index contributed by atoms with van der Waals surface area (Å²) in [6.45, 7) is 0. The van der Waals surface area contributed by atoms with Crippen LogP contribution < -0.4 is 0 Å². The Bertz CT molecular complexity index is 333. The minimum Gasteiger partial charge on any atom is -0.385 e. The van der Waals surface area contributed by atoms with Crippen LogP contribution in [0.25, 0.3) is 0 Å². The van der Waals surface area contributed by atoms with Gasteiger partial charge in [-0.1, -0.05) is 42.7 Å². The lowest BCUT2D eigenvalue weighted by molar-refractivity contribution is 0.0900. The second-order valence-corrected chi connectivity index (χ2v) is 5.26. The zero-order chi connectivity index (χ0) is 11.4. The van der Waals surface area contributed by atoms with Crippen LogP contribution in [0.1, 0.15) is 44.9 Å². The highest BCUT2D eigenvalue weighted by Gasteiger charge is 2.33. The lowest BCUT2D eigenvalue weighted by Gasteiger charge is -2.24. The molecule has 16 heavy (non-hydrogen) atoms. The normalized spacial score (nSPS) is 27.4. The average molecular weight is 239 g/mol. The number of rotatable bonds is 1. The molecular formula is C14H19ClO. The number of halogens is 1. The summed E-state index contributed by atoms with van der Waals surface area (Å²) in [4.78, 5) is 0. The van der Waals surface area contributed by atoms with E-state index in [0.717, 1.165) is 55.6 Å². The van der Waals surface area contributed by atoms with E-state index in [2.05, 4.69) is 12.2 Å². The van der Waals surface area contributed by atoms with E-state index in [4.69, 9.17) is 11.6 Å². The van der Waals surface area contributed by atoms with Crippen molar-refractivity contribution in [1.82, 2.24) is 0 Å². The average Bonchev–Trinajstić information content (AvgIpc) is 2.71. The van der Waals surface area contributed by atoms with E-state index in [1.165, 1.54) is 0 Å². The number of hydrogen-bond acceptors (Lipinski definition) is 1. The molecule has 0 aromatic heterocycles. The molecule has 88 valence electrons. The van der Waals surface area contributed by atoms with Gasteiger partial charge in [0.1, 0.15) is 0 Å². The second kappa shape index (κ2) is 5.20. The fourth-order valence-corrected chi connectivity index (χ4v) is 2.73. The SMILES string of the molecule is OC1(C2=C/C=C\CCCC(Cl)=C2)CCCC1. The first-order valence-corrected chi connectivity index (χ1v) is 6.54. The van der Waals surface area contributed by atoms with E-state index in [0.29, 0.717) is 0 Å². The molecule has 0 atom stereocenters. The standard InChI is InChI=1S/C14H19ClO/c15-13-8-4-2-1-3-7-12(11-13)14(16)9-5-6-10-14/h1,3,7,11,16H,2,4-6,8-10H2/b3-1-,12-7?,13-11?. The summed E-state index contributed by atoms with van der Waals surface area (Å²) in [5.74, 6) is 0. The maximum Gasteiger partial charge on any atom is 0.0897 e. The molecule has 1 nitrogen and oxygen atoms in total. The van der Waals surface area contributed by atoms with Gasteiger partial charge in [0.05, 0.1) is 5.60 Å². The Hall–Kier alpha value is -0.530. The Morgan fingerprint density at radius 1 is 1.19 bits per heavy atom. The minimum atomic E-state index is -0.630. The molecule has 0 amide bonds. The molecule has 1 fully saturated rings. The first-order valence-electron chi connectivity index (χ1n) is 6.16. The van der Waals surface area contributed by atoms with Gasteiger partial charge >= 0.3 is 0 Å². The van der Waals surface area contributed by atoms with Gasteiger partial charge in [0.25, 0.3) is 0 Å². The fraction of sp³-hybridized carbons (Fsp3) is 0.571. The highest BCUT2D eigenvalue weighted by atomic mass is 35.5. The molecule has 0 aromatic rings. The van der Waals surface area contributed by atoms with Crippen LogP contribution in [-0.2, 0) is 0 Å². The van der Waals surface area contributed by atoms with Crippen molar-refractivity contribution in [3.8, 4) is 0 Å². The van der Waals surface area contributed by atoms with Gasteiger partial charge in [-0.15, -0.1) is 0 Å². The van der Waals surface area contributed by atoms with Gasteiger partial charge < -0.3 is 5.11 Å². The molecule has 2 heteroatoms. The maximum absolute atomic E-state index is 10.5. The molecule has 2 aliphatic carbocycles. The maximum atomic E-state index is 10.5. The van der Waals surface area contributed by atoms with Crippen LogP contribution in [0.5, 0.6) is 0 Å². The third kappa shape index (κ3) is 2.78. The molecule has 0 aromatic carbocycles. The lowest BCUT2D eigenvalue weighted by atomic mass is 9.91. The van der Waals surface area contributed by atoms with E-state index < -0.39 is 5.60 Å². The molecule has 0 unspecified atom stereocenters. The smallest absolute Gasteiger partial charge is 0.0897 e. The van der Waals surface area contributed by atoms with Crippen molar-refractivity contribution in [2.75, 3.05) is 0 Å². The highest BCUT2D eigenvalue weighted by molar-refractivity contribution is 6.29. The first kappa shape index (κ1) is 11.9. The van der Waals surface area contributed by atoms with Crippen LogP contribution >= 0.6 is 11.6 Å². The zero-order valence-electron chi connectivity index (χ0n) is 9.58. The molecule has 1 saturated carbocycles. The van der Waals surface area contributed by atoms with Gasteiger partial charge in [0.15, 0.2) is 0 Å². The van der Waals surface area contributed by atoms with Crippen LogP contribution in [0.2, 0.25) is 0 Å². The largest absolute Gasteiger partial charge is 0.385 e. The Labute approximate surface area is 103 Å². The van der Waals surface area contributed by atoms with Crippen LogP contribution in [0, 0.1) is 0 Å². The number of allylic oxidation sites excluding steroid dienone is 4. The highest BCUT2D eigenvalue weighted by Crippen LogP contribution is 2.37. The summed E-state index contributed by atoms with van der Waals surface area (Å²) in [5.41, 5.74) is 0.364. The van der Waals surface area contributed by atoms with E-state index in [1.807, 2.05) is 12.2 Å². The molecular weight excluding hydrogens is 220 g/mol. The van der Waals surface area contributed by atoms with E-state index in [1.54, 1.807) is 0 Å². The van der Waals surface area contributed by atoms with Crippen molar-refractivity contribution in [3.05, 3.63) is 34.9 Å². The Balaban J connectivity index is 2.27. The van der Waals surface area contributed by atoms with Gasteiger partial charge in [-0.05, 0) is 43.8 Å². The molecule has 0 heterocycles. The van der Waals surface area contributed by atoms with Gasteiger partial charge in [-0.2, -0.15) is 0 Å². The van der Waals surface area contributed by atoms with Gasteiger partial charge in [0, 0.05) is 5.03 Å². The lowest BCUT2D eigenvalue weighted by Crippen LogP contribution is -2.26. The summed E-state index contributed by atoms with van der Waals surface area (Å²) >= 11 is 6.18. The third-order valence-electron chi connectivity index (χ3n) is 3.48. The second-order valence-electron chi connectivity index (χ2n) is 4.77. The third-order valence-corrected chi connectivity index (χ3v) is 3.78. The van der Waals surface area contributed by atoms with Crippen LogP contribution in [0.4, 0.5) is 0 Å². The molecule has 0 saturated heterocycles. The Morgan fingerprint density at radius 3 is 2.69 bits per heavy atom. The van der Waals surface area contributed by atoms with Crippen LogP contribution in [0.15, 0.2) is 34.9 Å². The molecule has 0 spiro atoms. The van der Waals surface area contributed by atoms with Gasteiger partial charge in [0.2, 0.25) is 0 Å². The predicted octanol–water partition coefficient (Wildman–Crippen LogP) is 4.08. The fourth-order valence-electron chi connectivity index (χ4n) is 2.48. The quantitative estimate of drug-likeness (QED) is 0.730. The Kier molecular flexibility index (Phi) is 3.88. The van der Waals surface area contributed by atoms with E-state index in [-0.39, 0.29) is 0 Å². The number of hydrogen-bond donors (Lipinski definition) is 1. The summed E-state index contributed by atoms with van der Waals surface area (Å²) in [6, 6.07) is 0. The summed E-state index contributed by atoms with van der Waals surface area (Å²) < 4.78 is 0. The monoisotopic (exact) mass is 238 g/mol. The first-order chi connectivity index (χ1) is 7.71. The molecule has 1 N–H and O–H groups in total. The minimum absolute atomic E-state index is 0.630. The summed E-state index contributed by atoms with van der Waals surface area (Å²) in [6.07, 6.45) is 15.2. The summed E-state index contributed by atoms with van der Waals surface area (Å²) in [5, 5.41) is 11.4. The van der Waals surface area contributed by atoms with Crippen LogP contribution in [-0.4, -0.2) is 10.7 Å². The van der Waals surface area contributed by atoms with Crippen LogP contribution in [0.3, 0.4) is 0 Å². The van der Waals surface area contributed by atoms with Crippen molar-refractivity contribution in [3.63, 3.8) is 0 Å². The zero-order valence-corrected chi connectivity index (χ0v) is 10.3. The van der Waals surface area contributed by atoms with E-state index >= 15 is 0 Å². The van der Waals surface area contributed by atoms with Crippen molar-refractivity contribution < 1.29 is 5.11 Å². The van der Waals surface area contributed by atoms with Crippen molar-refractivity contribution in [1.29, 1.82) is 0 Å². The predicted molar refractivity (Wildman–Crippen MR) is 68.4 cm³/mol.